The molecule has 1 atom stereocenters. The van der Waals surface area contributed by atoms with E-state index in [2.05, 4.69) is 30.1 Å². The largest absolute Gasteiger partial charge is 0.468 e. The maximum absolute atomic E-state index is 5.55. The predicted molar refractivity (Wildman–Crippen MR) is 76.9 cm³/mol. The minimum Gasteiger partial charge on any atom is -0.468 e. The molecule has 0 spiro atoms. The molecular formula is C16H26N2O. The Hall–Kier alpha value is -0.800. The molecule has 1 heterocycles. The van der Waals surface area contributed by atoms with Crippen molar-refractivity contribution in [1.82, 2.24) is 10.2 Å². The summed E-state index contributed by atoms with van der Waals surface area (Å²) in [6.45, 7) is 6.78. The van der Waals surface area contributed by atoms with Gasteiger partial charge in [0, 0.05) is 24.7 Å². The van der Waals surface area contributed by atoms with Gasteiger partial charge in [0.1, 0.15) is 5.76 Å². The zero-order chi connectivity index (χ0) is 13.2. The summed E-state index contributed by atoms with van der Waals surface area (Å²) in [5, 5.41) is 3.71. The van der Waals surface area contributed by atoms with E-state index < -0.39 is 0 Å². The lowest BCUT2D eigenvalue weighted by molar-refractivity contribution is 0.124. The number of nitrogens with one attached hydrogen (secondary N) is 1. The van der Waals surface area contributed by atoms with Gasteiger partial charge in [0.05, 0.1) is 12.8 Å². The number of hydrogen-bond acceptors (Lipinski definition) is 3. The molecule has 3 nitrogen and oxygen atoms in total. The summed E-state index contributed by atoms with van der Waals surface area (Å²) in [6.07, 6.45) is 7.23. The highest BCUT2D eigenvalue weighted by molar-refractivity contribution is 5.01. The topological polar surface area (TPSA) is 28.4 Å². The van der Waals surface area contributed by atoms with Crippen molar-refractivity contribution in [2.75, 3.05) is 6.54 Å². The standard InChI is InChI=1S/C16H26N2O/c1-12(2)16(10-17-13-5-6-13)18(14-7-8-14)11-15-4-3-9-19-15/h3-4,9,12-14,16-17H,5-8,10-11H2,1-2H3. The van der Waals surface area contributed by atoms with Gasteiger partial charge in [-0.25, -0.2) is 0 Å². The van der Waals surface area contributed by atoms with E-state index in [1.165, 1.54) is 25.7 Å². The van der Waals surface area contributed by atoms with Gasteiger partial charge in [-0.2, -0.15) is 0 Å². The van der Waals surface area contributed by atoms with Gasteiger partial charge in [-0.15, -0.1) is 0 Å². The quantitative estimate of drug-likeness (QED) is 0.780. The van der Waals surface area contributed by atoms with E-state index in [0.717, 1.165) is 30.9 Å². The molecule has 106 valence electrons. The number of rotatable bonds is 8. The van der Waals surface area contributed by atoms with Gasteiger partial charge in [0.15, 0.2) is 0 Å². The Balaban J connectivity index is 1.64. The normalized spacial score (nSPS) is 21.3. The average molecular weight is 262 g/mol. The van der Waals surface area contributed by atoms with Gasteiger partial charge in [-0.3, -0.25) is 4.90 Å². The van der Waals surface area contributed by atoms with Crippen molar-refractivity contribution in [1.29, 1.82) is 0 Å². The Kier molecular flexibility index (Phi) is 3.94. The molecule has 2 fully saturated rings. The molecular weight excluding hydrogens is 236 g/mol. The lowest BCUT2D eigenvalue weighted by Crippen LogP contribution is -2.46. The van der Waals surface area contributed by atoms with Crippen molar-refractivity contribution in [3.8, 4) is 0 Å². The first-order valence-electron chi connectivity index (χ1n) is 7.75. The predicted octanol–water partition coefficient (Wildman–Crippen LogP) is 3.02. The Morgan fingerprint density at radius 3 is 2.63 bits per heavy atom. The fourth-order valence-corrected chi connectivity index (χ4v) is 2.82. The van der Waals surface area contributed by atoms with Crippen LogP contribution in [0.5, 0.6) is 0 Å². The summed E-state index contributed by atoms with van der Waals surface area (Å²) in [5.41, 5.74) is 0. The number of hydrogen-bond donors (Lipinski definition) is 1. The second-order valence-corrected chi connectivity index (χ2v) is 6.48. The van der Waals surface area contributed by atoms with E-state index in [4.69, 9.17) is 4.42 Å². The van der Waals surface area contributed by atoms with Crippen LogP contribution in [0.25, 0.3) is 0 Å². The average Bonchev–Trinajstić information content (AvgIpc) is 3.29. The van der Waals surface area contributed by atoms with Crippen molar-refractivity contribution in [2.24, 2.45) is 5.92 Å². The Bertz CT molecular complexity index is 379. The second-order valence-electron chi connectivity index (χ2n) is 6.48. The zero-order valence-corrected chi connectivity index (χ0v) is 12.1. The van der Waals surface area contributed by atoms with Gasteiger partial charge >= 0.3 is 0 Å². The molecule has 19 heavy (non-hydrogen) atoms. The van der Waals surface area contributed by atoms with Crippen LogP contribution >= 0.6 is 0 Å². The first-order valence-corrected chi connectivity index (χ1v) is 7.75. The molecule has 0 aromatic carbocycles. The first-order chi connectivity index (χ1) is 9.24. The smallest absolute Gasteiger partial charge is 0.117 e. The van der Waals surface area contributed by atoms with Crippen LogP contribution in [-0.4, -0.2) is 29.6 Å². The van der Waals surface area contributed by atoms with Crippen LogP contribution in [0.4, 0.5) is 0 Å². The molecule has 2 aliphatic rings. The van der Waals surface area contributed by atoms with Crippen LogP contribution in [-0.2, 0) is 6.54 Å². The van der Waals surface area contributed by atoms with Crippen molar-refractivity contribution < 1.29 is 4.42 Å². The molecule has 3 rings (SSSR count). The van der Waals surface area contributed by atoms with Crippen molar-refractivity contribution >= 4 is 0 Å². The van der Waals surface area contributed by atoms with Crippen LogP contribution in [0.15, 0.2) is 22.8 Å². The minimum absolute atomic E-state index is 0.623. The molecule has 3 heteroatoms. The molecule has 0 aliphatic heterocycles. The molecule has 1 aromatic heterocycles. The molecule has 1 unspecified atom stereocenters. The molecule has 0 saturated heterocycles. The molecule has 0 amide bonds. The summed E-state index contributed by atoms with van der Waals surface area (Å²) in [6, 6.07) is 6.29. The third kappa shape index (κ3) is 3.61. The van der Waals surface area contributed by atoms with Gasteiger partial charge in [0.25, 0.3) is 0 Å². The van der Waals surface area contributed by atoms with E-state index in [1.54, 1.807) is 6.26 Å². The van der Waals surface area contributed by atoms with Gasteiger partial charge < -0.3 is 9.73 Å². The minimum atomic E-state index is 0.623. The lowest BCUT2D eigenvalue weighted by atomic mass is 10.0. The van der Waals surface area contributed by atoms with Gasteiger partial charge in [-0.1, -0.05) is 13.8 Å². The zero-order valence-electron chi connectivity index (χ0n) is 12.1. The van der Waals surface area contributed by atoms with Crippen LogP contribution in [0.3, 0.4) is 0 Å². The summed E-state index contributed by atoms with van der Waals surface area (Å²) in [4.78, 5) is 2.67. The molecule has 1 N–H and O–H groups in total. The van der Waals surface area contributed by atoms with Crippen LogP contribution in [0.1, 0.15) is 45.3 Å². The number of furan rings is 1. The third-order valence-corrected chi connectivity index (χ3v) is 4.32. The fourth-order valence-electron chi connectivity index (χ4n) is 2.82. The highest BCUT2D eigenvalue weighted by Gasteiger charge is 2.36. The molecule has 1 aromatic rings. The maximum Gasteiger partial charge on any atom is 0.117 e. The highest BCUT2D eigenvalue weighted by atomic mass is 16.3. The second kappa shape index (κ2) is 5.68. The lowest BCUT2D eigenvalue weighted by Gasteiger charge is -2.34. The third-order valence-electron chi connectivity index (χ3n) is 4.32. The van der Waals surface area contributed by atoms with E-state index >= 15 is 0 Å². The van der Waals surface area contributed by atoms with Crippen molar-refractivity contribution in [2.45, 2.75) is 64.2 Å². The van der Waals surface area contributed by atoms with E-state index in [0.29, 0.717) is 12.0 Å². The highest BCUT2D eigenvalue weighted by Crippen LogP contribution is 2.32. The van der Waals surface area contributed by atoms with Gasteiger partial charge in [0.2, 0.25) is 0 Å². The van der Waals surface area contributed by atoms with Gasteiger partial charge in [-0.05, 0) is 43.7 Å². The van der Waals surface area contributed by atoms with E-state index in [-0.39, 0.29) is 0 Å². The molecule has 0 bridgehead atoms. The maximum atomic E-state index is 5.55. The summed E-state index contributed by atoms with van der Waals surface area (Å²) in [5.74, 6) is 1.78. The van der Waals surface area contributed by atoms with Crippen LogP contribution in [0, 0.1) is 5.92 Å². The van der Waals surface area contributed by atoms with Crippen molar-refractivity contribution in [3.63, 3.8) is 0 Å². The first kappa shape index (κ1) is 13.2. The Labute approximate surface area is 116 Å². The Morgan fingerprint density at radius 1 is 1.32 bits per heavy atom. The van der Waals surface area contributed by atoms with Crippen LogP contribution < -0.4 is 5.32 Å². The summed E-state index contributed by atoms with van der Waals surface area (Å²) >= 11 is 0. The SMILES string of the molecule is CC(C)C(CNC1CC1)N(Cc1ccco1)C1CC1. The van der Waals surface area contributed by atoms with E-state index in [1.807, 2.05) is 6.07 Å². The van der Waals surface area contributed by atoms with Crippen LogP contribution in [0.2, 0.25) is 0 Å². The van der Waals surface area contributed by atoms with E-state index in [9.17, 15) is 0 Å². The fraction of sp³-hybridized carbons (Fsp3) is 0.750. The molecule has 2 saturated carbocycles. The number of nitrogens with zero attached hydrogens (tertiary/aromatic N) is 1. The molecule has 0 radical (unpaired) electrons. The van der Waals surface area contributed by atoms with Crippen molar-refractivity contribution in [3.05, 3.63) is 24.2 Å². The monoisotopic (exact) mass is 262 g/mol. The Morgan fingerprint density at radius 2 is 2.11 bits per heavy atom. The summed E-state index contributed by atoms with van der Waals surface area (Å²) in [7, 11) is 0. The summed E-state index contributed by atoms with van der Waals surface area (Å²) < 4.78 is 5.55. The molecule has 2 aliphatic carbocycles.